The summed E-state index contributed by atoms with van der Waals surface area (Å²) < 4.78 is 5.56. The molecule has 1 fully saturated rings. The van der Waals surface area contributed by atoms with Crippen LogP contribution >= 0.6 is 0 Å². The van der Waals surface area contributed by atoms with E-state index >= 15 is 0 Å². The van der Waals surface area contributed by atoms with Gasteiger partial charge in [-0.2, -0.15) is 0 Å². The number of ether oxygens (including phenoxy) is 1. The van der Waals surface area contributed by atoms with Crippen LogP contribution in [-0.2, 0) is 16.0 Å². The summed E-state index contributed by atoms with van der Waals surface area (Å²) >= 11 is 0. The summed E-state index contributed by atoms with van der Waals surface area (Å²) in [5.41, 5.74) is 0.205. The van der Waals surface area contributed by atoms with Gasteiger partial charge in [-0.3, -0.25) is 9.59 Å². The summed E-state index contributed by atoms with van der Waals surface area (Å²) in [5, 5.41) is 9.22. The molecule has 0 saturated carbocycles. The maximum absolute atomic E-state index is 12.3. The minimum Gasteiger partial charge on any atom is -0.494 e. The first-order chi connectivity index (χ1) is 10.5. The van der Waals surface area contributed by atoms with Crippen molar-refractivity contribution in [2.24, 2.45) is 5.41 Å². The smallest absolute Gasteiger partial charge is 0.311 e. The van der Waals surface area contributed by atoms with Crippen LogP contribution in [0.1, 0.15) is 32.3 Å². The third-order valence-electron chi connectivity index (χ3n) is 4.22. The van der Waals surface area contributed by atoms with Gasteiger partial charge in [0.25, 0.3) is 0 Å². The van der Waals surface area contributed by atoms with Crippen LogP contribution in [0.5, 0.6) is 5.75 Å². The Bertz CT molecular complexity index is 557. The van der Waals surface area contributed by atoms with Gasteiger partial charge in [0.2, 0.25) is 5.91 Å². The summed E-state index contributed by atoms with van der Waals surface area (Å²) in [5.74, 6) is -0.00429. The van der Waals surface area contributed by atoms with Crippen molar-refractivity contribution in [3.8, 4) is 5.75 Å². The van der Waals surface area contributed by atoms with Crippen LogP contribution in [0.4, 0.5) is 0 Å². The van der Waals surface area contributed by atoms with E-state index in [1.54, 1.807) is 11.8 Å². The Balaban J connectivity index is 1.93. The molecule has 1 atom stereocenters. The molecule has 1 aliphatic rings. The van der Waals surface area contributed by atoms with Crippen LogP contribution in [-0.4, -0.2) is 41.6 Å². The fourth-order valence-corrected chi connectivity index (χ4v) is 2.75. The molecular formula is C17H23NO4. The van der Waals surface area contributed by atoms with Crippen molar-refractivity contribution in [2.45, 2.75) is 33.1 Å². The number of carbonyl (C=O) groups is 2. The molecule has 1 heterocycles. The molecule has 0 aliphatic carbocycles. The Kier molecular flexibility index (Phi) is 5.06. The maximum atomic E-state index is 12.3. The largest absolute Gasteiger partial charge is 0.494 e. The molecule has 22 heavy (non-hydrogen) atoms. The van der Waals surface area contributed by atoms with Crippen LogP contribution < -0.4 is 4.74 Å². The van der Waals surface area contributed by atoms with Gasteiger partial charge in [-0.05, 0) is 38.3 Å². The van der Waals surface area contributed by atoms with Crippen molar-refractivity contribution in [1.29, 1.82) is 0 Å². The molecule has 1 saturated heterocycles. The number of amides is 1. The van der Waals surface area contributed by atoms with E-state index < -0.39 is 11.4 Å². The second kappa shape index (κ2) is 6.81. The molecule has 5 heteroatoms. The number of carbonyl (C=O) groups excluding carboxylic acids is 1. The number of rotatable bonds is 6. The molecule has 0 bridgehead atoms. The summed E-state index contributed by atoms with van der Waals surface area (Å²) in [6.45, 7) is 5.04. The molecule has 0 radical (unpaired) electrons. The monoisotopic (exact) mass is 305 g/mol. The van der Waals surface area contributed by atoms with Crippen molar-refractivity contribution in [3.05, 3.63) is 29.8 Å². The lowest BCUT2D eigenvalue weighted by Crippen LogP contribution is -2.34. The third-order valence-corrected chi connectivity index (χ3v) is 4.22. The van der Waals surface area contributed by atoms with Crippen LogP contribution in [0.3, 0.4) is 0 Å². The van der Waals surface area contributed by atoms with Gasteiger partial charge in [0.15, 0.2) is 0 Å². The first kappa shape index (κ1) is 16.3. The molecular weight excluding hydrogens is 282 g/mol. The number of hydrogen-bond donors (Lipinski definition) is 1. The van der Waals surface area contributed by atoms with Gasteiger partial charge in [-0.25, -0.2) is 0 Å². The van der Waals surface area contributed by atoms with E-state index in [-0.39, 0.29) is 5.91 Å². The van der Waals surface area contributed by atoms with Gasteiger partial charge in [0, 0.05) is 19.5 Å². The lowest BCUT2D eigenvalue weighted by atomic mass is 9.90. The number of aliphatic carboxylic acids is 1. The Morgan fingerprint density at radius 1 is 1.36 bits per heavy atom. The summed E-state index contributed by atoms with van der Waals surface area (Å²) in [6, 6.07) is 7.71. The van der Waals surface area contributed by atoms with Gasteiger partial charge in [0.05, 0.1) is 12.0 Å². The second-order valence-electron chi connectivity index (χ2n) is 5.97. The summed E-state index contributed by atoms with van der Waals surface area (Å²) in [6.07, 6.45) is 1.50. The first-order valence-corrected chi connectivity index (χ1v) is 7.68. The van der Waals surface area contributed by atoms with Gasteiger partial charge < -0.3 is 14.7 Å². The highest BCUT2D eigenvalue weighted by molar-refractivity contribution is 5.80. The van der Waals surface area contributed by atoms with Crippen molar-refractivity contribution in [3.63, 3.8) is 0 Å². The van der Waals surface area contributed by atoms with Crippen molar-refractivity contribution >= 4 is 11.9 Å². The zero-order valence-corrected chi connectivity index (χ0v) is 13.2. The lowest BCUT2D eigenvalue weighted by molar-refractivity contribution is -0.147. The van der Waals surface area contributed by atoms with E-state index in [0.29, 0.717) is 39.0 Å². The lowest BCUT2D eigenvalue weighted by Gasteiger charge is -2.20. The van der Waals surface area contributed by atoms with Crippen molar-refractivity contribution in [1.82, 2.24) is 4.90 Å². The highest BCUT2D eigenvalue weighted by atomic mass is 16.5. The standard InChI is InChI=1S/C17H23NO4/c1-3-22-14-7-5-4-6-13(14)8-9-15(19)18-11-10-17(2,12-18)16(20)21/h4-7H,3,8-12H2,1-2H3,(H,20,21)/t17-/m0/s1. The molecule has 120 valence electrons. The fraction of sp³-hybridized carbons (Fsp3) is 0.529. The van der Waals surface area contributed by atoms with Crippen LogP contribution in [0, 0.1) is 5.41 Å². The number of benzene rings is 1. The second-order valence-corrected chi connectivity index (χ2v) is 5.97. The zero-order chi connectivity index (χ0) is 16.2. The highest BCUT2D eigenvalue weighted by Gasteiger charge is 2.41. The SMILES string of the molecule is CCOc1ccccc1CCC(=O)N1CC[C@](C)(C(=O)O)C1. The molecule has 1 aliphatic heterocycles. The molecule has 1 aromatic carbocycles. The Morgan fingerprint density at radius 2 is 2.09 bits per heavy atom. The van der Waals surface area contributed by atoms with Crippen molar-refractivity contribution < 1.29 is 19.4 Å². The number of likely N-dealkylation sites (tertiary alicyclic amines) is 1. The Labute approximate surface area is 130 Å². The predicted molar refractivity (Wildman–Crippen MR) is 82.9 cm³/mol. The number of nitrogens with zero attached hydrogens (tertiary/aromatic N) is 1. The molecule has 1 aromatic rings. The Hall–Kier alpha value is -2.04. The zero-order valence-electron chi connectivity index (χ0n) is 13.2. The highest BCUT2D eigenvalue weighted by Crippen LogP contribution is 2.30. The van der Waals surface area contributed by atoms with Gasteiger partial charge >= 0.3 is 5.97 Å². The average Bonchev–Trinajstić information content (AvgIpc) is 2.90. The van der Waals surface area contributed by atoms with Crippen LogP contribution in [0.2, 0.25) is 0 Å². The summed E-state index contributed by atoms with van der Waals surface area (Å²) in [4.78, 5) is 25.2. The molecule has 1 amide bonds. The number of carboxylic acids is 1. The van der Waals surface area contributed by atoms with E-state index in [1.165, 1.54) is 0 Å². The Morgan fingerprint density at radius 3 is 2.73 bits per heavy atom. The minimum atomic E-state index is -0.829. The first-order valence-electron chi connectivity index (χ1n) is 7.68. The molecule has 5 nitrogen and oxygen atoms in total. The molecule has 0 aromatic heterocycles. The van der Waals surface area contributed by atoms with Crippen LogP contribution in [0.15, 0.2) is 24.3 Å². The molecule has 0 spiro atoms. The van der Waals surface area contributed by atoms with E-state index in [9.17, 15) is 14.7 Å². The van der Waals surface area contributed by atoms with E-state index in [1.807, 2.05) is 31.2 Å². The summed E-state index contributed by atoms with van der Waals surface area (Å²) in [7, 11) is 0. The van der Waals surface area contributed by atoms with Gasteiger partial charge in [-0.15, -0.1) is 0 Å². The predicted octanol–water partition coefficient (Wildman–Crippen LogP) is 2.34. The number of aryl methyl sites for hydroxylation is 1. The molecule has 2 rings (SSSR count). The number of para-hydroxylation sites is 1. The fourth-order valence-electron chi connectivity index (χ4n) is 2.75. The van der Waals surface area contributed by atoms with Crippen LogP contribution in [0.25, 0.3) is 0 Å². The minimum absolute atomic E-state index is 0.0104. The van der Waals surface area contributed by atoms with E-state index in [0.717, 1.165) is 11.3 Å². The van der Waals surface area contributed by atoms with Gasteiger partial charge in [-0.1, -0.05) is 18.2 Å². The molecule has 0 unspecified atom stereocenters. The maximum Gasteiger partial charge on any atom is 0.311 e. The average molecular weight is 305 g/mol. The van der Waals surface area contributed by atoms with Crippen molar-refractivity contribution in [2.75, 3.05) is 19.7 Å². The molecule has 1 N–H and O–H groups in total. The number of hydrogen-bond acceptors (Lipinski definition) is 3. The number of carboxylic acid groups (broad SMARTS) is 1. The van der Waals surface area contributed by atoms with E-state index in [2.05, 4.69) is 0 Å². The topological polar surface area (TPSA) is 66.8 Å². The third kappa shape index (κ3) is 3.59. The quantitative estimate of drug-likeness (QED) is 0.876. The van der Waals surface area contributed by atoms with E-state index in [4.69, 9.17) is 4.74 Å². The van der Waals surface area contributed by atoms with Gasteiger partial charge in [0.1, 0.15) is 5.75 Å². The normalized spacial score (nSPS) is 20.9.